The summed E-state index contributed by atoms with van der Waals surface area (Å²) in [6, 6.07) is 5.90. The van der Waals surface area contributed by atoms with E-state index in [9.17, 15) is 0 Å². The summed E-state index contributed by atoms with van der Waals surface area (Å²) in [5.74, 6) is 0. The summed E-state index contributed by atoms with van der Waals surface area (Å²) in [5, 5.41) is 8.47. The monoisotopic (exact) mass is 212 g/mol. The average Bonchev–Trinajstić information content (AvgIpc) is 3.15. The average molecular weight is 212 g/mol. The molecule has 4 rings (SSSR count). The van der Waals surface area contributed by atoms with E-state index in [1.54, 1.807) is 6.08 Å². The predicted octanol–water partition coefficient (Wildman–Crippen LogP) is 1.51. The molecule has 0 aromatic carbocycles. The number of hydrogen-bond donors (Lipinski definition) is 0. The van der Waals surface area contributed by atoms with Crippen molar-refractivity contribution in [2.24, 2.45) is 0 Å². The quantitative estimate of drug-likeness (QED) is 0.523. The van der Waals surface area contributed by atoms with E-state index >= 15 is 0 Å². The van der Waals surface area contributed by atoms with E-state index in [2.05, 4.69) is 4.98 Å². The van der Waals surface area contributed by atoms with E-state index in [1.165, 1.54) is 6.08 Å². The van der Waals surface area contributed by atoms with Crippen LogP contribution in [-0.4, -0.2) is 17.2 Å². The highest BCUT2D eigenvalue weighted by atomic mass is 16.7. The van der Waals surface area contributed by atoms with Gasteiger partial charge in [0.05, 0.1) is 17.5 Å². The minimum atomic E-state index is 0.120. The smallest absolute Gasteiger partial charge is 0.129 e. The second-order valence-corrected chi connectivity index (χ2v) is 4.22. The van der Waals surface area contributed by atoms with E-state index in [0.29, 0.717) is 0 Å². The molecule has 1 aliphatic carbocycles. The Balaban J connectivity index is 1.79. The summed E-state index contributed by atoms with van der Waals surface area (Å²) >= 11 is 0. The van der Waals surface area contributed by atoms with Crippen LogP contribution >= 0.6 is 0 Å². The van der Waals surface area contributed by atoms with Gasteiger partial charge in [0.25, 0.3) is 0 Å². The van der Waals surface area contributed by atoms with Crippen LogP contribution < -0.4 is 0 Å². The Kier molecular flexibility index (Phi) is 1.43. The largest absolute Gasteiger partial charge is 0.361 e. The molecule has 1 aromatic rings. The number of epoxide rings is 2. The lowest BCUT2D eigenvalue weighted by Crippen LogP contribution is -2.09. The molecular formula is C12H8N2O2. The number of allylic oxidation sites excluding steroid dienone is 1. The van der Waals surface area contributed by atoms with Gasteiger partial charge in [0.1, 0.15) is 24.4 Å². The molecule has 16 heavy (non-hydrogen) atoms. The molecule has 2 aliphatic heterocycles. The number of hydrogen-bond acceptors (Lipinski definition) is 4. The van der Waals surface area contributed by atoms with Crippen LogP contribution in [0.25, 0.3) is 6.08 Å². The van der Waals surface area contributed by atoms with E-state index in [4.69, 9.17) is 14.7 Å². The maximum atomic E-state index is 8.47. The molecule has 0 radical (unpaired) electrons. The Morgan fingerprint density at radius 2 is 2.06 bits per heavy atom. The first kappa shape index (κ1) is 8.45. The van der Waals surface area contributed by atoms with Gasteiger partial charge in [-0.2, -0.15) is 5.26 Å². The van der Waals surface area contributed by atoms with Crippen molar-refractivity contribution in [3.05, 3.63) is 35.2 Å². The molecule has 4 nitrogen and oxygen atoms in total. The number of fused-ring (bicyclic) bond motifs is 6. The van der Waals surface area contributed by atoms with Crippen LogP contribution in [0.5, 0.6) is 0 Å². The Bertz CT molecular complexity index is 546. The molecule has 2 fully saturated rings. The van der Waals surface area contributed by atoms with Gasteiger partial charge in [-0.15, -0.1) is 0 Å². The van der Waals surface area contributed by atoms with Crippen molar-refractivity contribution in [1.82, 2.24) is 4.98 Å². The van der Waals surface area contributed by atoms with Crippen molar-refractivity contribution >= 4 is 6.08 Å². The summed E-state index contributed by atoms with van der Waals surface area (Å²) in [7, 11) is 0. The summed E-state index contributed by atoms with van der Waals surface area (Å²) in [5.41, 5.74) is 2.94. The predicted molar refractivity (Wildman–Crippen MR) is 54.1 cm³/mol. The summed E-state index contributed by atoms with van der Waals surface area (Å²) < 4.78 is 11.1. The van der Waals surface area contributed by atoms with Crippen molar-refractivity contribution in [2.45, 2.75) is 24.4 Å². The zero-order valence-corrected chi connectivity index (χ0v) is 8.33. The highest BCUT2D eigenvalue weighted by molar-refractivity contribution is 5.50. The van der Waals surface area contributed by atoms with Crippen LogP contribution in [0.1, 0.15) is 29.2 Å². The van der Waals surface area contributed by atoms with E-state index in [-0.39, 0.29) is 24.4 Å². The molecule has 4 heteroatoms. The molecule has 4 atom stereocenters. The van der Waals surface area contributed by atoms with Crippen LogP contribution in [0.2, 0.25) is 0 Å². The van der Waals surface area contributed by atoms with Crippen LogP contribution in [0.4, 0.5) is 0 Å². The van der Waals surface area contributed by atoms with Gasteiger partial charge in [-0.1, -0.05) is 6.07 Å². The van der Waals surface area contributed by atoms with Gasteiger partial charge in [0, 0.05) is 11.6 Å². The van der Waals surface area contributed by atoms with Crippen molar-refractivity contribution in [3.63, 3.8) is 0 Å². The van der Waals surface area contributed by atoms with E-state index < -0.39 is 0 Å². The number of aromatic nitrogens is 1. The maximum Gasteiger partial charge on any atom is 0.129 e. The third kappa shape index (κ3) is 1.02. The first-order chi connectivity index (χ1) is 7.88. The number of nitriles is 1. The summed E-state index contributed by atoms with van der Waals surface area (Å²) in [6.45, 7) is 0. The molecule has 4 unspecified atom stereocenters. The normalized spacial score (nSPS) is 37.2. The van der Waals surface area contributed by atoms with E-state index in [1.807, 2.05) is 18.2 Å². The Morgan fingerprint density at radius 1 is 1.25 bits per heavy atom. The molecule has 3 aliphatic rings. The lowest BCUT2D eigenvalue weighted by Gasteiger charge is -2.07. The Labute approximate surface area is 92.1 Å². The number of pyridine rings is 1. The topological polar surface area (TPSA) is 61.7 Å². The lowest BCUT2D eigenvalue weighted by molar-refractivity contribution is 0.303. The fraction of sp³-hybridized carbons (Fsp3) is 0.333. The van der Waals surface area contributed by atoms with Gasteiger partial charge in [0.15, 0.2) is 0 Å². The Hall–Kier alpha value is -1.70. The van der Waals surface area contributed by atoms with Gasteiger partial charge >= 0.3 is 0 Å². The SMILES string of the molecule is N#C/C=C/c1ccc2c(n1)C1OC1C1OC21. The summed E-state index contributed by atoms with van der Waals surface area (Å²) in [4.78, 5) is 4.51. The van der Waals surface area contributed by atoms with Gasteiger partial charge in [-0.05, 0) is 12.1 Å². The molecular weight excluding hydrogens is 204 g/mol. The van der Waals surface area contributed by atoms with Crippen molar-refractivity contribution in [2.75, 3.05) is 0 Å². The fourth-order valence-corrected chi connectivity index (χ4v) is 2.40. The lowest BCUT2D eigenvalue weighted by atomic mass is 9.96. The molecule has 0 saturated carbocycles. The second-order valence-electron chi connectivity index (χ2n) is 4.22. The van der Waals surface area contributed by atoms with Gasteiger partial charge in [-0.25, -0.2) is 0 Å². The molecule has 0 N–H and O–H groups in total. The van der Waals surface area contributed by atoms with Gasteiger partial charge < -0.3 is 9.47 Å². The minimum Gasteiger partial charge on any atom is -0.361 e. The molecule has 0 spiro atoms. The van der Waals surface area contributed by atoms with Crippen molar-refractivity contribution in [1.29, 1.82) is 5.26 Å². The first-order valence-corrected chi connectivity index (χ1v) is 5.26. The third-order valence-corrected chi connectivity index (χ3v) is 3.26. The zero-order chi connectivity index (χ0) is 10.7. The molecule has 2 saturated heterocycles. The molecule has 78 valence electrons. The molecule has 1 aromatic heterocycles. The third-order valence-electron chi connectivity index (χ3n) is 3.26. The van der Waals surface area contributed by atoms with Crippen LogP contribution in [0.3, 0.4) is 0 Å². The fourth-order valence-electron chi connectivity index (χ4n) is 2.40. The second kappa shape index (κ2) is 2.70. The highest BCUT2D eigenvalue weighted by Crippen LogP contribution is 2.59. The van der Waals surface area contributed by atoms with E-state index in [0.717, 1.165) is 17.0 Å². The van der Waals surface area contributed by atoms with Gasteiger partial charge in [-0.3, -0.25) is 4.98 Å². The Morgan fingerprint density at radius 3 is 2.94 bits per heavy atom. The number of rotatable bonds is 1. The molecule has 0 bridgehead atoms. The zero-order valence-electron chi connectivity index (χ0n) is 8.33. The van der Waals surface area contributed by atoms with Crippen molar-refractivity contribution in [3.8, 4) is 6.07 Å². The van der Waals surface area contributed by atoms with Gasteiger partial charge in [0.2, 0.25) is 0 Å². The van der Waals surface area contributed by atoms with Crippen LogP contribution in [0, 0.1) is 11.3 Å². The van der Waals surface area contributed by atoms with Crippen LogP contribution in [-0.2, 0) is 9.47 Å². The number of nitrogens with zero attached hydrogens (tertiary/aromatic N) is 2. The van der Waals surface area contributed by atoms with Crippen LogP contribution in [0.15, 0.2) is 18.2 Å². The number of ether oxygens (including phenoxy) is 2. The summed E-state index contributed by atoms with van der Waals surface area (Å²) in [6.07, 6.45) is 3.94. The first-order valence-electron chi connectivity index (χ1n) is 5.26. The maximum absolute atomic E-state index is 8.47. The minimum absolute atomic E-state index is 0.120. The molecule has 0 amide bonds. The van der Waals surface area contributed by atoms with Crippen molar-refractivity contribution < 1.29 is 9.47 Å². The standard InChI is InChI=1S/C12H8N2O2/c13-5-1-2-6-3-4-7-8(14-6)10-12(16-10)11-9(7)15-11/h1-4,9-12H/b2-1+. The highest BCUT2D eigenvalue weighted by Gasteiger charge is 2.64. The molecule has 3 heterocycles.